The van der Waals surface area contributed by atoms with E-state index in [0.717, 1.165) is 12.0 Å². The highest BCUT2D eigenvalue weighted by Gasteiger charge is 2.51. The maximum Gasteiger partial charge on any atom is 0.229 e. The van der Waals surface area contributed by atoms with E-state index < -0.39 is 0 Å². The third-order valence-electron chi connectivity index (χ3n) is 5.62. The number of nitrogens with zero attached hydrogens (tertiary/aromatic N) is 1. The Hall–Kier alpha value is -3.15. The van der Waals surface area contributed by atoms with Crippen LogP contribution in [0.15, 0.2) is 60.9 Å². The lowest BCUT2D eigenvalue weighted by molar-refractivity contribution is -0.133. The number of ether oxygens (including phenoxy) is 1. The highest BCUT2D eigenvalue weighted by molar-refractivity contribution is 5.98. The van der Waals surface area contributed by atoms with Crippen molar-refractivity contribution in [1.82, 2.24) is 10.3 Å². The van der Waals surface area contributed by atoms with E-state index in [9.17, 15) is 9.59 Å². The number of methoxy groups -OCH3 is 1. The van der Waals surface area contributed by atoms with E-state index in [0.29, 0.717) is 18.0 Å². The minimum absolute atomic E-state index is 0.0825. The monoisotopic (exact) mass is 377 g/mol. The summed E-state index contributed by atoms with van der Waals surface area (Å²) in [5.41, 5.74) is 1.56. The third kappa shape index (κ3) is 3.50. The largest absolute Gasteiger partial charge is 0.495 e. The van der Waals surface area contributed by atoms with Crippen molar-refractivity contribution in [3.63, 3.8) is 0 Å². The fourth-order valence-electron chi connectivity index (χ4n) is 4.31. The van der Waals surface area contributed by atoms with E-state index in [4.69, 9.17) is 4.74 Å². The normalized spacial score (nSPS) is 24.8. The van der Waals surface area contributed by atoms with Crippen LogP contribution in [0.2, 0.25) is 0 Å². The number of fused-ring (bicyclic) bond motifs is 2. The van der Waals surface area contributed by atoms with E-state index >= 15 is 0 Å². The molecule has 2 aliphatic rings. The van der Waals surface area contributed by atoms with Gasteiger partial charge < -0.3 is 15.4 Å². The number of amides is 2. The zero-order valence-electron chi connectivity index (χ0n) is 15.7. The second-order valence-corrected chi connectivity index (χ2v) is 7.27. The van der Waals surface area contributed by atoms with Gasteiger partial charge in [-0.2, -0.15) is 0 Å². The first kappa shape index (κ1) is 18.2. The Bertz CT molecular complexity index is 897. The summed E-state index contributed by atoms with van der Waals surface area (Å²) < 4.78 is 5.32. The van der Waals surface area contributed by atoms with Crippen LogP contribution in [0.1, 0.15) is 12.0 Å². The van der Waals surface area contributed by atoms with Gasteiger partial charge in [0.2, 0.25) is 11.8 Å². The van der Waals surface area contributed by atoms with Gasteiger partial charge in [0.25, 0.3) is 0 Å². The summed E-state index contributed by atoms with van der Waals surface area (Å²) in [5.74, 6) is -0.160. The number of carbonyl (C=O) groups excluding carboxylic acids is 2. The molecule has 1 aromatic carbocycles. The predicted molar refractivity (Wildman–Crippen MR) is 105 cm³/mol. The number of carbonyl (C=O) groups is 2. The summed E-state index contributed by atoms with van der Waals surface area (Å²) in [4.78, 5) is 30.1. The topological polar surface area (TPSA) is 80.3 Å². The maximum atomic E-state index is 13.1. The molecule has 0 radical (unpaired) electrons. The minimum Gasteiger partial charge on any atom is -0.495 e. The van der Waals surface area contributed by atoms with Gasteiger partial charge in [0.15, 0.2) is 0 Å². The van der Waals surface area contributed by atoms with Crippen molar-refractivity contribution in [3.05, 3.63) is 66.5 Å². The molecular weight excluding hydrogens is 354 g/mol. The van der Waals surface area contributed by atoms with Crippen molar-refractivity contribution in [1.29, 1.82) is 0 Å². The summed E-state index contributed by atoms with van der Waals surface area (Å²) in [6.45, 7) is 0.408. The molecule has 0 spiro atoms. The van der Waals surface area contributed by atoms with Gasteiger partial charge in [-0.05, 0) is 42.0 Å². The van der Waals surface area contributed by atoms with Crippen molar-refractivity contribution >= 4 is 17.5 Å². The number of pyridine rings is 1. The molecule has 2 aromatic rings. The number of hydrogen-bond acceptors (Lipinski definition) is 4. The molecule has 2 aliphatic carbocycles. The molecule has 2 N–H and O–H groups in total. The molecule has 2 amide bonds. The Kier molecular flexibility index (Phi) is 5.10. The van der Waals surface area contributed by atoms with Gasteiger partial charge in [-0.15, -0.1) is 0 Å². The first-order chi connectivity index (χ1) is 13.7. The zero-order chi connectivity index (χ0) is 19.5. The lowest BCUT2D eigenvalue weighted by Gasteiger charge is -2.26. The molecule has 4 rings (SSSR count). The number of para-hydroxylation sites is 2. The van der Waals surface area contributed by atoms with Crippen molar-refractivity contribution in [2.24, 2.45) is 23.7 Å². The average molecular weight is 377 g/mol. The van der Waals surface area contributed by atoms with E-state index in [1.807, 2.05) is 24.3 Å². The lowest BCUT2D eigenvalue weighted by Crippen LogP contribution is -2.41. The first-order valence-electron chi connectivity index (χ1n) is 9.46. The molecule has 0 aliphatic heterocycles. The summed E-state index contributed by atoms with van der Waals surface area (Å²) in [6.07, 6.45) is 8.42. The molecular formula is C22H23N3O3. The molecule has 28 heavy (non-hydrogen) atoms. The number of rotatable bonds is 6. The molecule has 1 heterocycles. The van der Waals surface area contributed by atoms with Crippen LogP contribution in [0.3, 0.4) is 0 Å². The summed E-state index contributed by atoms with van der Waals surface area (Å²) in [7, 11) is 1.57. The Labute approximate surface area is 164 Å². The number of nitrogens with one attached hydrogen (secondary N) is 2. The average Bonchev–Trinajstić information content (AvgIpc) is 3.35. The van der Waals surface area contributed by atoms with Gasteiger partial charge in [0.05, 0.1) is 24.6 Å². The Morgan fingerprint density at radius 1 is 1.07 bits per heavy atom. The SMILES string of the molecule is COc1ccccc1NC(=O)[C@H]1[C@H](C(=O)NCc2cccnc2)[C@H]2C=C[C@H]1C2. The van der Waals surface area contributed by atoms with E-state index in [1.54, 1.807) is 31.6 Å². The summed E-state index contributed by atoms with van der Waals surface area (Å²) in [6, 6.07) is 11.1. The van der Waals surface area contributed by atoms with Crippen LogP contribution in [0.5, 0.6) is 5.75 Å². The zero-order valence-corrected chi connectivity index (χ0v) is 15.7. The molecule has 0 saturated heterocycles. The molecule has 144 valence electrons. The van der Waals surface area contributed by atoms with Gasteiger partial charge in [0.1, 0.15) is 5.75 Å². The number of hydrogen-bond donors (Lipinski definition) is 2. The summed E-state index contributed by atoms with van der Waals surface area (Å²) >= 11 is 0. The van der Waals surface area contributed by atoms with Crippen molar-refractivity contribution < 1.29 is 14.3 Å². The molecule has 1 fully saturated rings. The van der Waals surface area contributed by atoms with Crippen LogP contribution >= 0.6 is 0 Å². The van der Waals surface area contributed by atoms with Gasteiger partial charge in [-0.25, -0.2) is 0 Å². The number of aromatic nitrogens is 1. The fraction of sp³-hybridized carbons (Fsp3) is 0.318. The minimum atomic E-state index is -0.381. The van der Waals surface area contributed by atoms with Gasteiger partial charge in [-0.1, -0.05) is 30.4 Å². The van der Waals surface area contributed by atoms with Crippen LogP contribution in [0, 0.1) is 23.7 Å². The highest BCUT2D eigenvalue weighted by atomic mass is 16.5. The van der Waals surface area contributed by atoms with Crippen molar-refractivity contribution in [3.8, 4) is 5.75 Å². The lowest BCUT2D eigenvalue weighted by atomic mass is 9.81. The van der Waals surface area contributed by atoms with E-state index in [1.165, 1.54) is 0 Å². The number of anilines is 1. The van der Waals surface area contributed by atoms with Crippen molar-refractivity contribution in [2.75, 3.05) is 12.4 Å². The number of allylic oxidation sites excluding steroid dienone is 2. The molecule has 1 saturated carbocycles. The quantitative estimate of drug-likeness (QED) is 0.759. The van der Waals surface area contributed by atoms with Crippen LogP contribution in [-0.4, -0.2) is 23.9 Å². The third-order valence-corrected chi connectivity index (χ3v) is 5.62. The van der Waals surface area contributed by atoms with Gasteiger partial charge in [-0.3, -0.25) is 14.6 Å². The van der Waals surface area contributed by atoms with Crippen LogP contribution in [0.25, 0.3) is 0 Å². The molecule has 6 nitrogen and oxygen atoms in total. The Morgan fingerprint density at radius 3 is 2.54 bits per heavy atom. The molecule has 0 unspecified atom stereocenters. The van der Waals surface area contributed by atoms with Gasteiger partial charge >= 0.3 is 0 Å². The maximum absolute atomic E-state index is 13.1. The predicted octanol–water partition coefficient (Wildman–Crippen LogP) is 2.78. The standard InChI is InChI=1S/C22H23N3O3/c1-28-18-7-3-2-6-17(18)25-22(27)20-16-9-8-15(11-16)19(20)21(26)24-13-14-5-4-10-23-12-14/h2-10,12,15-16,19-20H,11,13H2,1H3,(H,24,26)(H,25,27)/t15-,16-,19+,20+/m0/s1. The molecule has 4 atom stereocenters. The summed E-state index contributed by atoms with van der Waals surface area (Å²) in [5, 5.41) is 5.94. The van der Waals surface area contributed by atoms with E-state index in [2.05, 4.69) is 27.8 Å². The second-order valence-electron chi connectivity index (χ2n) is 7.27. The van der Waals surface area contributed by atoms with Crippen molar-refractivity contribution in [2.45, 2.75) is 13.0 Å². The second kappa shape index (κ2) is 7.84. The Morgan fingerprint density at radius 2 is 1.82 bits per heavy atom. The van der Waals surface area contributed by atoms with Crippen LogP contribution in [-0.2, 0) is 16.1 Å². The molecule has 6 heteroatoms. The fourth-order valence-corrected chi connectivity index (χ4v) is 4.31. The Balaban J connectivity index is 1.48. The van der Waals surface area contributed by atoms with Gasteiger partial charge in [0, 0.05) is 18.9 Å². The number of benzene rings is 1. The van der Waals surface area contributed by atoms with Crippen LogP contribution in [0.4, 0.5) is 5.69 Å². The smallest absolute Gasteiger partial charge is 0.229 e. The van der Waals surface area contributed by atoms with Crippen LogP contribution < -0.4 is 15.4 Å². The molecule has 2 bridgehead atoms. The molecule has 1 aromatic heterocycles. The first-order valence-corrected chi connectivity index (χ1v) is 9.46. The van der Waals surface area contributed by atoms with E-state index in [-0.39, 0.29) is 35.5 Å². The highest BCUT2D eigenvalue weighted by Crippen LogP contribution is 2.48.